The Balaban J connectivity index is 0.00000231. The Labute approximate surface area is 199 Å². The Hall–Kier alpha value is -0.900. The first-order valence-corrected chi connectivity index (χ1v) is 12.5. The lowest BCUT2D eigenvalue weighted by molar-refractivity contribution is -0.967. The van der Waals surface area contributed by atoms with E-state index >= 15 is 0 Å². The summed E-state index contributed by atoms with van der Waals surface area (Å²) in [5.74, 6) is 1.60. The van der Waals surface area contributed by atoms with Gasteiger partial charge in [0.05, 0.1) is 6.54 Å². The number of hydrogen-bond acceptors (Lipinski definition) is 1. The van der Waals surface area contributed by atoms with Crippen LogP contribution in [0.1, 0.15) is 71.3 Å². The van der Waals surface area contributed by atoms with Crippen molar-refractivity contribution in [3.05, 3.63) is 48.0 Å². The van der Waals surface area contributed by atoms with Gasteiger partial charge in [0.2, 0.25) is 0 Å². The monoisotopic (exact) mass is 485 g/mol. The van der Waals surface area contributed by atoms with Gasteiger partial charge >= 0.3 is 0 Å². The number of halogens is 1. The largest absolute Gasteiger partial charge is 1.00 e. The van der Waals surface area contributed by atoms with Crippen molar-refractivity contribution in [1.29, 1.82) is 0 Å². The minimum Gasteiger partial charge on any atom is -1.00 e. The summed E-state index contributed by atoms with van der Waals surface area (Å²) in [6, 6.07) is 16.0. The number of ether oxygens (including phenoxy) is 1. The van der Waals surface area contributed by atoms with Crippen LogP contribution in [-0.2, 0) is 11.3 Å². The van der Waals surface area contributed by atoms with Crippen LogP contribution < -0.4 is 17.0 Å². The molecule has 2 aromatic carbocycles. The second-order valence-corrected chi connectivity index (χ2v) is 10.9. The third-order valence-electron chi connectivity index (χ3n) is 9.35. The summed E-state index contributed by atoms with van der Waals surface area (Å²) in [5.41, 5.74) is 1.95. The molecule has 2 saturated heterocycles. The maximum atomic E-state index is 6.79. The van der Waals surface area contributed by atoms with Crippen LogP contribution in [0, 0.1) is 11.8 Å². The molecule has 3 heteroatoms. The molecule has 0 spiro atoms. The summed E-state index contributed by atoms with van der Waals surface area (Å²) in [4.78, 5) is 0. The molecule has 0 radical (unpaired) electrons. The number of quaternary nitrogens is 1. The molecule has 2 aromatic rings. The molecule has 2 aliphatic heterocycles. The van der Waals surface area contributed by atoms with Crippen molar-refractivity contribution in [1.82, 2.24) is 0 Å². The molecule has 1 saturated carbocycles. The Morgan fingerprint density at radius 3 is 2.58 bits per heavy atom. The maximum Gasteiger partial charge on any atom is 0.123 e. The molecule has 0 unspecified atom stereocenters. The van der Waals surface area contributed by atoms with Crippen LogP contribution in [-0.4, -0.2) is 35.3 Å². The van der Waals surface area contributed by atoms with Gasteiger partial charge in [-0.3, -0.25) is 0 Å². The van der Waals surface area contributed by atoms with Gasteiger partial charge in [-0.15, -0.1) is 0 Å². The fourth-order valence-corrected chi connectivity index (χ4v) is 7.89. The second kappa shape index (κ2) is 8.80. The van der Waals surface area contributed by atoms with Crippen LogP contribution in [0.25, 0.3) is 10.8 Å². The molecule has 170 valence electrons. The summed E-state index contributed by atoms with van der Waals surface area (Å²) in [5, 5.41) is 2.73. The van der Waals surface area contributed by atoms with Crippen LogP contribution in [0.5, 0.6) is 0 Å². The fourth-order valence-electron chi connectivity index (χ4n) is 7.89. The maximum absolute atomic E-state index is 6.79. The van der Waals surface area contributed by atoms with Gasteiger partial charge in [0.25, 0.3) is 0 Å². The average molecular weight is 487 g/mol. The predicted octanol–water partition coefficient (Wildman–Crippen LogP) is 3.72. The highest BCUT2D eigenvalue weighted by atomic mass is 79.9. The summed E-state index contributed by atoms with van der Waals surface area (Å²) in [6.45, 7) is 12.0. The third kappa shape index (κ3) is 3.69. The second-order valence-electron chi connectivity index (χ2n) is 10.9. The van der Waals surface area contributed by atoms with Gasteiger partial charge in [-0.05, 0) is 49.9 Å². The van der Waals surface area contributed by atoms with E-state index in [0.717, 1.165) is 12.5 Å². The molecule has 0 amide bonds. The normalized spacial score (nSPS) is 36.0. The zero-order valence-corrected chi connectivity index (χ0v) is 21.3. The van der Waals surface area contributed by atoms with Crippen LogP contribution in [0.3, 0.4) is 0 Å². The number of unbranched alkanes of at least 4 members (excludes halogenated alkanes) is 3. The van der Waals surface area contributed by atoms with E-state index in [1.165, 1.54) is 85.4 Å². The SMILES string of the molecule is CCCCCCO[C@]1(C)C[N@+]2(Cc3ccc4ccccc4c3)CC[C@@H]3CC[C@H]1[C@@]32C.[Br-]. The Kier molecular flexibility index (Phi) is 6.60. The molecule has 2 nitrogen and oxygen atoms in total. The van der Waals surface area contributed by atoms with Crippen LogP contribution >= 0.6 is 0 Å². The van der Waals surface area contributed by atoms with E-state index in [1.807, 2.05) is 0 Å². The fraction of sp³-hybridized carbons (Fsp3) is 0.643. The quantitative estimate of drug-likeness (QED) is 0.408. The first-order valence-electron chi connectivity index (χ1n) is 12.5. The van der Waals surface area contributed by atoms with Gasteiger partial charge in [-0.2, -0.15) is 0 Å². The van der Waals surface area contributed by atoms with Crippen molar-refractivity contribution in [2.45, 2.75) is 83.4 Å². The molecule has 5 rings (SSSR count). The van der Waals surface area contributed by atoms with Crippen LogP contribution in [0.4, 0.5) is 0 Å². The molecule has 5 atom stereocenters. The zero-order chi connectivity index (χ0) is 20.8. The highest BCUT2D eigenvalue weighted by Gasteiger charge is 2.74. The van der Waals surface area contributed by atoms with E-state index < -0.39 is 0 Å². The molecule has 0 aromatic heterocycles. The highest BCUT2D eigenvalue weighted by Crippen LogP contribution is 2.64. The summed E-state index contributed by atoms with van der Waals surface area (Å²) < 4.78 is 8.04. The van der Waals surface area contributed by atoms with Crippen molar-refractivity contribution < 1.29 is 26.2 Å². The van der Waals surface area contributed by atoms with Crippen molar-refractivity contribution >= 4 is 10.8 Å². The first kappa shape index (κ1) is 23.3. The van der Waals surface area contributed by atoms with E-state index in [4.69, 9.17) is 4.74 Å². The summed E-state index contributed by atoms with van der Waals surface area (Å²) in [6.07, 6.45) is 9.36. The molecule has 31 heavy (non-hydrogen) atoms. The molecule has 3 fully saturated rings. The summed E-state index contributed by atoms with van der Waals surface area (Å²) >= 11 is 0. The number of nitrogens with zero attached hydrogens (tertiary/aromatic N) is 1. The topological polar surface area (TPSA) is 9.23 Å². The third-order valence-corrected chi connectivity index (χ3v) is 9.35. The van der Waals surface area contributed by atoms with E-state index in [1.54, 1.807) is 0 Å². The number of benzene rings is 2. The van der Waals surface area contributed by atoms with Crippen LogP contribution in [0.2, 0.25) is 0 Å². The smallest absolute Gasteiger partial charge is 0.123 e. The molecular formula is C28H40BrNO. The zero-order valence-electron chi connectivity index (χ0n) is 19.7. The predicted molar refractivity (Wildman–Crippen MR) is 125 cm³/mol. The molecule has 0 N–H and O–H groups in total. The lowest BCUT2D eigenvalue weighted by atomic mass is 9.78. The van der Waals surface area contributed by atoms with Crippen LogP contribution in [0.15, 0.2) is 42.5 Å². The number of rotatable bonds is 8. The lowest BCUT2D eigenvalue weighted by Gasteiger charge is -2.43. The van der Waals surface area contributed by atoms with Gasteiger partial charge in [-0.1, -0.05) is 62.6 Å². The lowest BCUT2D eigenvalue weighted by Crippen LogP contribution is -3.00. The molecule has 1 aliphatic carbocycles. The van der Waals surface area contributed by atoms with Gasteiger partial charge in [0, 0.05) is 30.4 Å². The number of fused-ring (bicyclic) bond motifs is 1. The first-order chi connectivity index (χ1) is 14.5. The highest BCUT2D eigenvalue weighted by molar-refractivity contribution is 5.82. The summed E-state index contributed by atoms with van der Waals surface area (Å²) in [7, 11) is 0. The van der Waals surface area contributed by atoms with Crippen molar-refractivity contribution in [3.63, 3.8) is 0 Å². The van der Waals surface area contributed by atoms with E-state index in [9.17, 15) is 0 Å². The van der Waals surface area contributed by atoms with Crippen molar-refractivity contribution in [2.75, 3.05) is 19.7 Å². The molecule has 3 aliphatic rings. The Morgan fingerprint density at radius 1 is 0.968 bits per heavy atom. The average Bonchev–Trinajstić information content (AvgIpc) is 3.29. The minimum atomic E-state index is 0. The van der Waals surface area contributed by atoms with Gasteiger partial charge in [0.15, 0.2) is 0 Å². The number of hydrogen-bond donors (Lipinski definition) is 0. The van der Waals surface area contributed by atoms with Crippen molar-refractivity contribution in [2.24, 2.45) is 11.8 Å². The molecular weight excluding hydrogens is 446 g/mol. The van der Waals surface area contributed by atoms with E-state index in [0.29, 0.717) is 11.5 Å². The Bertz CT molecular complexity index is 915. The Morgan fingerprint density at radius 2 is 1.77 bits per heavy atom. The van der Waals surface area contributed by atoms with Crippen molar-refractivity contribution in [3.8, 4) is 0 Å². The van der Waals surface area contributed by atoms with E-state index in [-0.39, 0.29) is 22.6 Å². The molecule has 0 bridgehead atoms. The minimum absolute atomic E-state index is 0. The van der Waals surface area contributed by atoms with Gasteiger partial charge < -0.3 is 26.2 Å². The van der Waals surface area contributed by atoms with Gasteiger partial charge in [0.1, 0.15) is 24.2 Å². The van der Waals surface area contributed by atoms with Gasteiger partial charge in [-0.25, -0.2) is 0 Å². The molecule has 2 heterocycles. The standard InChI is InChI=1S/C28H40NO.BrH/c1-4-5-6-9-18-30-27(2)21-29(17-16-25-14-15-26(27)28(25,29)3)20-22-12-13-23-10-7-8-11-24(23)19-22;/h7-8,10-13,19,25-26H,4-6,9,14-18,20-21H2,1-3H3;1H/q+1;/p-1/t25-,26+,27+,28+,29+;/m0./s1. The van der Waals surface area contributed by atoms with E-state index in [2.05, 4.69) is 63.2 Å².